The number of furan rings is 1. The van der Waals surface area contributed by atoms with Crippen molar-refractivity contribution in [2.45, 2.75) is 32.7 Å². The molecular formula is C11H17N3O3. The van der Waals surface area contributed by atoms with E-state index in [-0.39, 0.29) is 11.6 Å². The largest absolute Gasteiger partial charge is 0.456 e. The molecule has 0 aliphatic carbocycles. The molecule has 0 aromatic carbocycles. The number of aryl methyl sites for hydroxylation is 1. The summed E-state index contributed by atoms with van der Waals surface area (Å²) in [5.74, 6) is 0.465. The summed E-state index contributed by atoms with van der Waals surface area (Å²) in [5.41, 5.74) is 4.52. The van der Waals surface area contributed by atoms with E-state index in [0.29, 0.717) is 0 Å². The van der Waals surface area contributed by atoms with E-state index in [1.54, 1.807) is 26.0 Å². The highest BCUT2D eigenvalue weighted by molar-refractivity contribution is 5.98. The molecule has 0 radical (unpaired) electrons. The molecule has 6 nitrogen and oxygen atoms in total. The SMILES string of the molecule is CCc1ccc(C(=O)NC(C)(C)C(N)=NO)o1. The van der Waals surface area contributed by atoms with Gasteiger partial charge in [-0.3, -0.25) is 4.79 Å². The van der Waals surface area contributed by atoms with Crippen molar-refractivity contribution in [3.8, 4) is 0 Å². The van der Waals surface area contributed by atoms with Gasteiger partial charge in [0.2, 0.25) is 0 Å². The smallest absolute Gasteiger partial charge is 0.287 e. The number of oxime groups is 1. The van der Waals surface area contributed by atoms with Crippen LogP contribution in [-0.4, -0.2) is 22.5 Å². The topological polar surface area (TPSA) is 101 Å². The van der Waals surface area contributed by atoms with Gasteiger partial charge in [-0.1, -0.05) is 12.1 Å². The summed E-state index contributed by atoms with van der Waals surface area (Å²) in [5, 5.41) is 14.1. The predicted molar refractivity (Wildman–Crippen MR) is 63.0 cm³/mol. The molecule has 0 bridgehead atoms. The summed E-state index contributed by atoms with van der Waals surface area (Å²) in [6, 6.07) is 3.34. The summed E-state index contributed by atoms with van der Waals surface area (Å²) in [6.07, 6.45) is 0.719. The highest BCUT2D eigenvalue weighted by Gasteiger charge is 2.27. The zero-order valence-corrected chi connectivity index (χ0v) is 10.2. The second kappa shape index (κ2) is 4.90. The van der Waals surface area contributed by atoms with Crippen molar-refractivity contribution in [2.75, 3.05) is 0 Å². The zero-order chi connectivity index (χ0) is 13.1. The first-order valence-corrected chi connectivity index (χ1v) is 5.30. The van der Waals surface area contributed by atoms with Gasteiger partial charge >= 0.3 is 0 Å². The molecule has 6 heteroatoms. The van der Waals surface area contributed by atoms with Crippen molar-refractivity contribution in [1.82, 2.24) is 5.32 Å². The summed E-state index contributed by atoms with van der Waals surface area (Å²) in [4.78, 5) is 11.8. The van der Waals surface area contributed by atoms with Crippen LogP contribution >= 0.6 is 0 Å². The highest BCUT2D eigenvalue weighted by atomic mass is 16.4. The van der Waals surface area contributed by atoms with Crippen LogP contribution in [0.15, 0.2) is 21.7 Å². The first-order chi connectivity index (χ1) is 7.90. The molecule has 4 N–H and O–H groups in total. The van der Waals surface area contributed by atoms with Crippen LogP contribution in [0.5, 0.6) is 0 Å². The molecule has 1 heterocycles. The van der Waals surface area contributed by atoms with Gasteiger partial charge in [0.1, 0.15) is 5.76 Å². The maximum Gasteiger partial charge on any atom is 0.287 e. The number of amidine groups is 1. The number of carbonyl (C=O) groups is 1. The first-order valence-electron chi connectivity index (χ1n) is 5.30. The van der Waals surface area contributed by atoms with Crippen LogP contribution in [-0.2, 0) is 6.42 Å². The van der Waals surface area contributed by atoms with Gasteiger partial charge in [0.15, 0.2) is 11.6 Å². The normalized spacial score (nSPS) is 12.5. The van der Waals surface area contributed by atoms with Crippen molar-refractivity contribution < 1.29 is 14.4 Å². The maximum absolute atomic E-state index is 11.8. The number of amides is 1. The minimum atomic E-state index is -0.939. The van der Waals surface area contributed by atoms with E-state index in [1.807, 2.05) is 6.92 Å². The Morgan fingerprint density at radius 3 is 2.71 bits per heavy atom. The summed E-state index contributed by atoms with van der Waals surface area (Å²) in [7, 11) is 0. The predicted octanol–water partition coefficient (Wildman–Crippen LogP) is 1.10. The highest BCUT2D eigenvalue weighted by Crippen LogP contribution is 2.10. The Labute approximate surface area is 99.5 Å². The van der Waals surface area contributed by atoms with Gasteiger partial charge in [-0.05, 0) is 26.0 Å². The molecule has 0 saturated carbocycles. The van der Waals surface area contributed by atoms with E-state index in [2.05, 4.69) is 10.5 Å². The summed E-state index contributed by atoms with van der Waals surface area (Å²) in [6.45, 7) is 5.19. The van der Waals surface area contributed by atoms with Crippen LogP contribution in [0, 0.1) is 0 Å². The van der Waals surface area contributed by atoms with E-state index >= 15 is 0 Å². The first kappa shape index (κ1) is 13.1. The standard InChI is InChI=1S/C11H17N3O3/c1-4-7-5-6-8(17-7)9(15)13-11(2,3)10(12)14-16/h5-6,16H,4H2,1-3H3,(H2,12,14)(H,13,15). The molecule has 1 amide bonds. The number of rotatable bonds is 4. The summed E-state index contributed by atoms with van der Waals surface area (Å²) >= 11 is 0. The quantitative estimate of drug-likeness (QED) is 0.317. The molecule has 0 saturated heterocycles. The molecule has 17 heavy (non-hydrogen) atoms. The lowest BCUT2D eigenvalue weighted by atomic mass is 10.0. The number of carbonyl (C=O) groups excluding carboxylic acids is 1. The van der Waals surface area contributed by atoms with Crippen molar-refractivity contribution in [2.24, 2.45) is 10.9 Å². The van der Waals surface area contributed by atoms with Crippen LogP contribution in [0.2, 0.25) is 0 Å². The second-order valence-corrected chi connectivity index (χ2v) is 4.18. The molecule has 94 valence electrons. The molecule has 1 aromatic heterocycles. The molecule has 0 unspecified atom stereocenters. The summed E-state index contributed by atoms with van der Waals surface area (Å²) < 4.78 is 5.30. The number of hydrogen-bond donors (Lipinski definition) is 3. The van der Waals surface area contributed by atoms with Gasteiger partial charge in [-0.2, -0.15) is 0 Å². The average Bonchev–Trinajstić information content (AvgIpc) is 2.75. The van der Waals surface area contributed by atoms with Gasteiger partial charge in [0, 0.05) is 6.42 Å². The molecule has 1 aromatic rings. The Balaban J connectivity index is 2.79. The lowest BCUT2D eigenvalue weighted by molar-refractivity contribution is 0.0901. The van der Waals surface area contributed by atoms with E-state index in [4.69, 9.17) is 15.4 Å². The minimum Gasteiger partial charge on any atom is -0.456 e. The van der Waals surface area contributed by atoms with Crippen molar-refractivity contribution in [1.29, 1.82) is 0 Å². The lowest BCUT2D eigenvalue weighted by Gasteiger charge is -2.23. The van der Waals surface area contributed by atoms with Crippen LogP contribution in [0.25, 0.3) is 0 Å². The fourth-order valence-electron chi connectivity index (χ4n) is 1.22. The third kappa shape index (κ3) is 2.99. The number of nitrogens with zero attached hydrogens (tertiary/aromatic N) is 1. The van der Waals surface area contributed by atoms with Gasteiger partial charge < -0.3 is 20.7 Å². The van der Waals surface area contributed by atoms with Gasteiger partial charge in [-0.25, -0.2) is 0 Å². The number of nitrogens with two attached hydrogens (primary N) is 1. The van der Waals surface area contributed by atoms with Crippen molar-refractivity contribution in [3.05, 3.63) is 23.7 Å². The second-order valence-electron chi connectivity index (χ2n) is 4.18. The number of hydrogen-bond acceptors (Lipinski definition) is 4. The Morgan fingerprint density at radius 2 is 2.24 bits per heavy atom. The van der Waals surface area contributed by atoms with Crippen molar-refractivity contribution in [3.63, 3.8) is 0 Å². The fraction of sp³-hybridized carbons (Fsp3) is 0.455. The van der Waals surface area contributed by atoms with Crippen LogP contribution < -0.4 is 11.1 Å². The van der Waals surface area contributed by atoms with E-state index < -0.39 is 11.4 Å². The van der Waals surface area contributed by atoms with Gasteiger partial charge in [-0.15, -0.1) is 0 Å². The monoisotopic (exact) mass is 239 g/mol. The number of nitrogens with one attached hydrogen (secondary N) is 1. The molecule has 0 fully saturated rings. The third-order valence-electron chi connectivity index (χ3n) is 2.41. The molecule has 0 spiro atoms. The molecule has 0 aliphatic heterocycles. The Bertz CT molecular complexity index is 435. The average molecular weight is 239 g/mol. The van der Waals surface area contributed by atoms with Crippen LogP contribution in [0.3, 0.4) is 0 Å². The Hall–Kier alpha value is -1.98. The van der Waals surface area contributed by atoms with E-state index in [0.717, 1.165) is 12.2 Å². The lowest BCUT2D eigenvalue weighted by Crippen LogP contribution is -2.53. The molecule has 0 aliphatic rings. The van der Waals surface area contributed by atoms with Crippen LogP contribution in [0.4, 0.5) is 0 Å². The molecule has 1 rings (SSSR count). The molecule has 0 atom stereocenters. The minimum absolute atomic E-state index is 0.0758. The zero-order valence-electron chi connectivity index (χ0n) is 10.2. The van der Waals surface area contributed by atoms with Gasteiger partial charge in [0.05, 0.1) is 5.54 Å². The van der Waals surface area contributed by atoms with Crippen LogP contribution in [0.1, 0.15) is 37.1 Å². The van der Waals surface area contributed by atoms with Crippen molar-refractivity contribution >= 4 is 11.7 Å². The third-order valence-corrected chi connectivity index (χ3v) is 2.41. The van der Waals surface area contributed by atoms with Gasteiger partial charge in [0.25, 0.3) is 5.91 Å². The molecular weight excluding hydrogens is 222 g/mol. The maximum atomic E-state index is 11.8. The van der Waals surface area contributed by atoms with E-state index in [9.17, 15) is 4.79 Å². The van der Waals surface area contributed by atoms with E-state index in [1.165, 1.54) is 0 Å². The Kier molecular flexibility index (Phi) is 3.77. The fourth-order valence-corrected chi connectivity index (χ4v) is 1.22. The Morgan fingerprint density at radius 1 is 1.59 bits per heavy atom.